The predicted molar refractivity (Wildman–Crippen MR) is 105 cm³/mol. The number of allylic oxidation sites excluding steroid dienone is 1. The number of fused-ring (bicyclic) bond motifs is 3. The Kier molecular flexibility index (Phi) is 5.08. The lowest BCUT2D eigenvalue weighted by molar-refractivity contribution is 0.413. The highest BCUT2D eigenvalue weighted by Crippen LogP contribution is 2.49. The van der Waals surface area contributed by atoms with Gasteiger partial charge in [-0.3, -0.25) is 0 Å². The highest BCUT2D eigenvalue weighted by atomic mass is 35.5. The van der Waals surface area contributed by atoms with Gasteiger partial charge in [0, 0.05) is 22.0 Å². The van der Waals surface area contributed by atoms with E-state index in [1.54, 1.807) is 22.5 Å². The predicted octanol–water partition coefficient (Wildman–Crippen LogP) is 6.11. The molecule has 23 heavy (non-hydrogen) atoms. The van der Waals surface area contributed by atoms with Gasteiger partial charge in [0.05, 0.1) is 5.02 Å². The highest BCUT2D eigenvalue weighted by Gasteiger charge is 2.35. The summed E-state index contributed by atoms with van der Waals surface area (Å²) in [6.07, 6.45) is 5.46. The number of halogens is 2. The first-order valence-electron chi connectivity index (χ1n) is 8.15. The molecule has 1 aromatic heterocycles. The van der Waals surface area contributed by atoms with Gasteiger partial charge in [0.15, 0.2) is 0 Å². The van der Waals surface area contributed by atoms with E-state index < -0.39 is 0 Å². The Balaban J connectivity index is 0.00000156. The molecule has 1 nitrogen and oxygen atoms in total. The number of benzene rings is 1. The van der Waals surface area contributed by atoms with E-state index in [0.29, 0.717) is 0 Å². The monoisotopic (exact) mass is 367 g/mol. The topological polar surface area (TPSA) is 3.24 Å². The fraction of sp³-hybridized carbons (Fsp3) is 0.474. The quantitative estimate of drug-likeness (QED) is 0.632. The van der Waals surface area contributed by atoms with Crippen molar-refractivity contribution in [3.8, 4) is 0 Å². The van der Waals surface area contributed by atoms with Gasteiger partial charge >= 0.3 is 0 Å². The molecule has 1 fully saturated rings. The Morgan fingerprint density at radius 3 is 2.87 bits per heavy atom. The van der Waals surface area contributed by atoms with Gasteiger partial charge in [-0.15, -0.1) is 23.7 Å². The summed E-state index contributed by atoms with van der Waals surface area (Å²) in [6, 6.07) is 6.90. The fourth-order valence-corrected chi connectivity index (χ4v) is 5.55. The number of nitrogens with zero attached hydrogens (tertiary/aromatic N) is 1. The maximum absolute atomic E-state index is 6.37. The van der Waals surface area contributed by atoms with E-state index >= 15 is 0 Å². The number of likely N-dealkylation sites (N-methyl/N-ethyl adjacent to an activating group) is 1. The normalized spacial score (nSPS) is 23.7. The Morgan fingerprint density at radius 1 is 1.26 bits per heavy atom. The van der Waals surface area contributed by atoms with E-state index in [-0.39, 0.29) is 12.4 Å². The minimum atomic E-state index is 0. The number of rotatable bonds is 3. The van der Waals surface area contributed by atoms with Gasteiger partial charge in [-0.05, 0) is 74.9 Å². The van der Waals surface area contributed by atoms with E-state index in [0.717, 1.165) is 23.4 Å². The van der Waals surface area contributed by atoms with Gasteiger partial charge in [0.1, 0.15) is 0 Å². The second-order valence-corrected chi connectivity index (χ2v) is 8.45. The molecule has 0 unspecified atom stereocenters. The highest BCUT2D eigenvalue weighted by molar-refractivity contribution is 7.17. The molecule has 0 spiro atoms. The molecule has 0 amide bonds. The van der Waals surface area contributed by atoms with Crippen molar-refractivity contribution in [2.75, 3.05) is 20.6 Å². The van der Waals surface area contributed by atoms with E-state index in [4.69, 9.17) is 11.6 Å². The Bertz CT molecular complexity index is 747. The van der Waals surface area contributed by atoms with Crippen molar-refractivity contribution >= 4 is 51.0 Å². The van der Waals surface area contributed by atoms with Crippen LogP contribution in [0.25, 0.3) is 15.7 Å². The van der Waals surface area contributed by atoms with E-state index in [2.05, 4.69) is 42.6 Å². The van der Waals surface area contributed by atoms with Crippen LogP contribution in [-0.2, 0) is 0 Å². The van der Waals surface area contributed by atoms with Crippen molar-refractivity contribution in [2.45, 2.75) is 25.7 Å². The lowest BCUT2D eigenvalue weighted by Gasteiger charge is -2.29. The maximum atomic E-state index is 6.37. The average molecular weight is 368 g/mol. The number of hydrogen-bond acceptors (Lipinski definition) is 2. The van der Waals surface area contributed by atoms with Crippen molar-refractivity contribution in [2.24, 2.45) is 11.8 Å². The van der Waals surface area contributed by atoms with Crippen molar-refractivity contribution < 1.29 is 0 Å². The summed E-state index contributed by atoms with van der Waals surface area (Å²) >= 11 is 8.11. The van der Waals surface area contributed by atoms with Crippen LogP contribution in [0.4, 0.5) is 0 Å². The van der Waals surface area contributed by atoms with Crippen molar-refractivity contribution in [3.05, 3.63) is 39.7 Å². The lowest BCUT2D eigenvalue weighted by atomic mass is 9.79. The SMILES string of the molecule is CN(C)CC1=C(c2ccc3scc(Cl)c3c2)[C@H]2CC[C@H](C1)C2.Cl. The molecule has 0 aliphatic heterocycles. The molecule has 2 aliphatic carbocycles. The first kappa shape index (κ1) is 17.3. The zero-order valence-corrected chi connectivity index (χ0v) is 16.0. The van der Waals surface area contributed by atoms with Crippen LogP contribution in [0.1, 0.15) is 31.2 Å². The lowest BCUT2D eigenvalue weighted by Crippen LogP contribution is -2.21. The molecule has 0 saturated heterocycles. The Labute approximate surface area is 153 Å². The van der Waals surface area contributed by atoms with Crippen molar-refractivity contribution in [3.63, 3.8) is 0 Å². The summed E-state index contributed by atoms with van der Waals surface area (Å²) in [5.74, 6) is 1.70. The largest absolute Gasteiger partial charge is 0.305 e. The molecular weight excluding hydrogens is 345 g/mol. The summed E-state index contributed by atoms with van der Waals surface area (Å²) in [4.78, 5) is 2.32. The molecule has 0 N–H and O–H groups in total. The summed E-state index contributed by atoms with van der Waals surface area (Å²) in [5.41, 5.74) is 4.70. The molecule has 0 radical (unpaired) electrons. The van der Waals surface area contributed by atoms with Crippen LogP contribution >= 0.6 is 35.3 Å². The van der Waals surface area contributed by atoms with Gasteiger partial charge in [-0.25, -0.2) is 0 Å². The summed E-state index contributed by atoms with van der Waals surface area (Å²) in [7, 11) is 4.36. The van der Waals surface area contributed by atoms with Crippen LogP contribution in [0.5, 0.6) is 0 Å². The van der Waals surface area contributed by atoms with Crippen LogP contribution < -0.4 is 0 Å². The zero-order valence-electron chi connectivity index (χ0n) is 13.6. The molecule has 4 rings (SSSR count). The van der Waals surface area contributed by atoms with Crippen molar-refractivity contribution in [1.82, 2.24) is 4.90 Å². The Hall–Kier alpha value is -0.540. The second kappa shape index (κ2) is 6.76. The third-order valence-corrected chi connectivity index (χ3v) is 6.62. The molecule has 2 atom stereocenters. The first-order valence-corrected chi connectivity index (χ1v) is 9.41. The van der Waals surface area contributed by atoms with Gasteiger partial charge < -0.3 is 4.90 Å². The van der Waals surface area contributed by atoms with Gasteiger partial charge in [0.2, 0.25) is 0 Å². The Morgan fingerprint density at radius 2 is 2.09 bits per heavy atom. The maximum Gasteiger partial charge on any atom is 0.0591 e. The first-order chi connectivity index (χ1) is 10.6. The van der Waals surface area contributed by atoms with E-state index in [1.165, 1.54) is 41.3 Å². The van der Waals surface area contributed by atoms with Crippen LogP contribution in [0, 0.1) is 11.8 Å². The molecule has 1 aromatic carbocycles. The van der Waals surface area contributed by atoms with Gasteiger partial charge in [-0.2, -0.15) is 0 Å². The molecule has 2 bridgehead atoms. The third kappa shape index (κ3) is 3.19. The molecule has 2 aliphatic rings. The smallest absolute Gasteiger partial charge is 0.0591 e. The van der Waals surface area contributed by atoms with Crippen LogP contribution in [0.2, 0.25) is 5.02 Å². The summed E-state index contributed by atoms with van der Waals surface area (Å²) < 4.78 is 1.30. The van der Waals surface area contributed by atoms with Crippen LogP contribution in [0.3, 0.4) is 0 Å². The summed E-state index contributed by atoms with van der Waals surface area (Å²) in [6.45, 7) is 1.09. The molecule has 1 heterocycles. The molecular formula is C19H23Cl2NS. The summed E-state index contributed by atoms with van der Waals surface area (Å²) in [5, 5.41) is 4.18. The molecule has 2 aromatic rings. The van der Waals surface area contributed by atoms with Crippen LogP contribution in [-0.4, -0.2) is 25.5 Å². The second-order valence-electron chi connectivity index (χ2n) is 7.13. The van der Waals surface area contributed by atoms with E-state index in [9.17, 15) is 0 Å². The standard InChI is InChI=1S/C19H22ClNS.ClH/c1-21(2)10-15-8-12-3-4-13(7-12)19(15)14-5-6-18-16(9-14)17(20)11-22-18;/h5-6,9,11-13H,3-4,7-8,10H2,1-2H3;1H/t12-,13-;/m0./s1. The minimum Gasteiger partial charge on any atom is -0.305 e. The van der Waals surface area contributed by atoms with Crippen LogP contribution in [0.15, 0.2) is 29.2 Å². The molecule has 124 valence electrons. The average Bonchev–Trinajstić information content (AvgIpc) is 3.03. The number of hydrogen-bond donors (Lipinski definition) is 0. The zero-order chi connectivity index (χ0) is 15.3. The fourth-order valence-electron chi connectivity index (χ4n) is 4.41. The number of thiophene rings is 1. The third-order valence-electron chi connectivity index (χ3n) is 5.21. The van der Waals surface area contributed by atoms with Gasteiger partial charge in [-0.1, -0.05) is 23.2 Å². The van der Waals surface area contributed by atoms with Crippen molar-refractivity contribution in [1.29, 1.82) is 0 Å². The molecule has 4 heteroatoms. The van der Waals surface area contributed by atoms with E-state index in [1.807, 2.05) is 0 Å². The molecule has 1 saturated carbocycles. The van der Waals surface area contributed by atoms with Gasteiger partial charge in [0.25, 0.3) is 0 Å². The minimum absolute atomic E-state index is 0.